The van der Waals surface area contributed by atoms with E-state index in [1.807, 2.05) is 16.8 Å². The van der Waals surface area contributed by atoms with Crippen LogP contribution in [0.4, 0.5) is 0 Å². The Kier molecular flexibility index (Phi) is 7.08. The molecule has 0 radical (unpaired) electrons. The quantitative estimate of drug-likeness (QED) is 0.293. The first-order chi connectivity index (χ1) is 17.0. The molecule has 0 N–H and O–H groups in total. The Hall–Kier alpha value is -3.03. The molecular formula is C24H31N7O3SSi. The van der Waals surface area contributed by atoms with Crippen molar-refractivity contribution in [1.29, 1.82) is 10.5 Å². The van der Waals surface area contributed by atoms with Crippen molar-refractivity contribution in [1.82, 2.24) is 23.4 Å². The van der Waals surface area contributed by atoms with Gasteiger partial charge in [-0.2, -0.15) is 14.8 Å². The maximum absolute atomic E-state index is 12.3. The van der Waals surface area contributed by atoms with E-state index < -0.39 is 23.6 Å². The molecule has 0 aliphatic carbocycles. The molecule has 10 nitrogen and oxygen atoms in total. The zero-order valence-electron chi connectivity index (χ0n) is 21.1. The number of rotatable bonds is 10. The standard InChI is InChI=1S/C24H31N7O3SSi/c1-5-35(32,33)30-15-24(16-30,7-8-25)31-14-19(12-20(31)13-26)22-21-6-9-29(23(21)28-17-27-22)18-34-10-11-36(2,3)4/h6,9,12,14,17H,5,7,10-11,15-16,18H2,1-4H3. The van der Waals surface area contributed by atoms with Crippen molar-refractivity contribution in [2.75, 3.05) is 25.4 Å². The highest BCUT2D eigenvalue weighted by atomic mass is 32.2. The molecule has 12 heteroatoms. The minimum absolute atomic E-state index is 0.00453. The maximum Gasteiger partial charge on any atom is 0.213 e. The number of nitriles is 2. The number of ether oxygens (including phenoxy) is 1. The van der Waals surface area contributed by atoms with Gasteiger partial charge in [-0.05, 0) is 25.1 Å². The summed E-state index contributed by atoms with van der Waals surface area (Å²) in [6.07, 6.45) is 5.30. The Morgan fingerprint density at radius 3 is 2.61 bits per heavy atom. The summed E-state index contributed by atoms with van der Waals surface area (Å²) in [5.74, 6) is -0.00453. The molecule has 0 atom stereocenters. The number of aromatic nitrogens is 4. The van der Waals surface area contributed by atoms with Gasteiger partial charge in [-0.15, -0.1) is 0 Å². The van der Waals surface area contributed by atoms with E-state index in [2.05, 4.69) is 41.7 Å². The molecule has 0 saturated carbocycles. The third-order valence-electron chi connectivity index (χ3n) is 6.61. The molecule has 0 amide bonds. The van der Waals surface area contributed by atoms with E-state index in [0.717, 1.165) is 17.1 Å². The second-order valence-electron chi connectivity index (χ2n) is 10.4. The molecule has 3 aromatic heterocycles. The van der Waals surface area contributed by atoms with Crippen molar-refractivity contribution in [2.24, 2.45) is 0 Å². The van der Waals surface area contributed by atoms with Gasteiger partial charge in [-0.1, -0.05) is 19.6 Å². The van der Waals surface area contributed by atoms with Crippen LogP contribution in [0.5, 0.6) is 0 Å². The lowest BCUT2D eigenvalue weighted by Crippen LogP contribution is -2.64. The number of hydrogen-bond donors (Lipinski definition) is 0. The summed E-state index contributed by atoms with van der Waals surface area (Å²) in [7, 11) is -4.55. The van der Waals surface area contributed by atoms with Crippen LogP contribution in [0.3, 0.4) is 0 Å². The Bertz CT molecular complexity index is 1450. The van der Waals surface area contributed by atoms with Gasteiger partial charge in [0.25, 0.3) is 0 Å². The second kappa shape index (κ2) is 9.79. The van der Waals surface area contributed by atoms with Gasteiger partial charge < -0.3 is 13.9 Å². The van der Waals surface area contributed by atoms with Crippen molar-refractivity contribution < 1.29 is 13.2 Å². The summed E-state index contributed by atoms with van der Waals surface area (Å²) >= 11 is 0. The van der Waals surface area contributed by atoms with Gasteiger partial charge in [0.1, 0.15) is 30.5 Å². The first-order valence-electron chi connectivity index (χ1n) is 11.9. The van der Waals surface area contributed by atoms with Crippen LogP contribution >= 0.6 is 0 Å². The largest absolute Gasteiger partial charge is 0.361 e. The van der Waals surface area contributed by atoms with Crippen molar-refractivity contribution in [3.8, 4) is 23.4 Å². The van der Waals surface area contributed by atoms with Crippen molar-refractivity contribution >= 4 is 29.1 Å². The van der Waals surface area contributed by atoms with Crippen LogP contribution in [0.15, 0.2) is 30.9 Å². The van der Waals surface area contributed by atoms with Gasteiger partial charge in [0.2, 0.25) is 10.0 Å². The van der Waals surface area contributed by atoms with Crippen LogP contribution in [0.2, 0.25) is 25.7 Å². The molecule has 36 heavy (non-hydrogen) atoms. The highest BCUT2D eigenvalue weighted by Gasteiger charge is 2.49. The first kappa shape index (κ1) is 26.0. The lowest BCUT2D eigenvalue weighted by atomic mass is 9.88. The van der Waals surface area contributed by atoms with Crippen molar-refractivity contribution in [2.45, 2.75) is 51.3 Å². The van der Waals surface area contributed by atoms with Crippen LogP contribution in [0.25, 0.3) is 22.3 Å². The minimum atomic E-state index is -3.37. The zero-order chi connectivity index (χ0) is 26.1. The van der Waals surface area contributed by atoms with Crippen LogP contribution < -0.4 is 0 Å². The van der Waals surface area contributed by atoms with E-state index in [-0.39, 0.29) is 25.3 Å². The molecule has 3 aromatic rings. The van der Waals surface area contributed by atoms with Crippen LogP contribution in [0, 0.1) is 22.7 Å². The molecule has 4 rings (SSSR count). The van der Waals surface area contributed by atoms with Crippen LogP contribution in [-0.4, -0.2) is 65.3 Å². The van der Waals surface area contributed by atoms with Crippen LogP contribution in [0.1, 0.15) is 19.0 Å². The predicted molar refractivity (Wildman–Crippen MR) is 139 cm³/mol. The molecule has 1 saturated heterocycles. The highest BCUT2D eigenvalue weighted by Crippen LogP contribution is 2.38. The van der Waals surface area contributed by atoms with Gasteiger partial charge in [0, 0.05) is 51.1 Å². The number of hydrogen-bond acceptors (Lipinski definition) is 7. The fraction of sp³-hybridized carbons (Fsp3) is 0.500. The monoisotopic (exact) mass is 525 g/mol. The fourth-order valence-electron chi connectivity index (χ4n) is 4.44. The van der Waals surface area contributed by atoms with Gasteiger partial charge in [-0.3, -0.25) is 0 Å². The second-order valence-corrected chi connectivity index (χ2v) is 18.3. The van der Waals surface area contributed by atoms with Crippen molar-refractivity contribution in [3.63, 3.8) is 0 Å². The minimum Gasteiger partial charge on any atom is -0.361 e. The molecule has 0 unspecified atom stereocenters. The summed E-state index contributed by atoms with van der Waals surface area (Å²) in [4.78, 5) is 8.94. The highest BCUT2D eigenvalue weighted by molar-refractivity contribution is 7.89. The van der Waals surface area contributed by atoms with E-state index in [1.165, 1.54) is 10.6 Å². The number of fused-ring (bicyclic) bond motifs is 1. The molecule has 190 valence electrons. The summed E-state index contributed by atoms with van der Waals surface area (Å²) in [5.41, 5.74) is 1.68. The van der Waals surface area contributed by atoms with Gasteiger partial charge in [0.05, 0.1) is 29.5 Å². The summed E-state index contributed by atoms with van der Waals surface area (Å²) in [6.45, 7) is 9.94. The molecule has 4 heterocycles. The van der Waals surface area contributed by atoms with Gasteiger partial charge in [-0.25, -0.2) is 18.4 Å². The number of sulfonamides is 1. The molecular weight excluding hydrogens is 494 g/mol. The van der Waals surface area contributed by atoms with Gasteiger partial charge in [0.15, 0.2) is 0 Å². The van der Waals surface area contributed by atoms with Crippen LogP contribution in [-0.2, 0) is 27.0 Å². The third-order valence-corrected chi connectivity index (χ3v) is 10.1. The Morgan fingerprint density at radius 2 is 1.97 bits per heavy atom. The maximum atomic E-state index is 12.3. The number of nitrogens with zero attached hydrogens (tertiary/aromatic N) is 7. The summed E-state index contributed by atoms with van der Waals surface area (Å²) < 4.78 is 35.6. The topological polar surface area (TPSA) is 130 Å². The predicted octanol–water partition coefficient (Wildman–Crippen LogP) is 3.36. The van der Waals surface area contributed by atoms with E-state index >= 15 is 0 Å². The normalized spacial score (nSPS) is 15.9. The van der Waals surface area contributed by atoms with E-state index in [0.29, 0.717) is 30.3 Å². The van der Waals surface area contributed by atoms with Crippen molar-refractivity contribution in [3.05, 3.63) is 36.5 Å². The van der Waals surface area contributed by atoms with Gasteiger partial charge >= 0.3 is 0 Å². The third kappa shape index (κ3) is 4.95. The average molecular weight is 526 g/mol. The van der Waals surface area contributed by atoms with E-state index in [4.69, 9.17) is 4.74 Å². The Balaban J connectivity index is 1.64. The molecule has 0 aromatic carbocycles. The average Bonchev–Trinajstić information content (AvgIpc) is 3.42. The van der Waals surface area contributed by atoms with E-state index in [1.54, 1.807) is 23.8 Å². The fourth-order valence-corrected chi connectivity index (χ4v) is 6.43. The lowest BCUT2D eigenvalue weighted by Gasteiger charge is -2.49. The first-order valence-corrected chi connectivity index (χ1v) is 17.2. The molecule has 0 bridgehead atoms. The molecule has 0 spiro atoms. The lowest BCUT2D eigenvalue weighted by molar-refractivity contribution is 0.0843. The molecule has 1 aliphatic rings. The summed E-state index contributed by atoms with van der Waals surface area (Å²) in [6, 6.07) is 9.13. The van der Waals surface area contributed by atoms with E-state index in [9.17, 15) is 18.9 Å². The Labute approximate surface area is 212 Å². The Morgan fingerprint density at radius 1 is 1.22 bits per heavy atom. The zero-order valence-corrected chi connectivity index (χ0v) is 22.9. The SMILES string of the molecule is CCS(=O)(=O)N1CC(CC#N)(n2cc(-c3ncnc4c3ccn4COCC[Si](C)(C)C)cc2C#N)C1. The molecule has 1 fully saturated rings. The summed E-state index contributed by atoms with van der Waals surface area (Å²) in [5, 5.41) is 20.2. The smallest absolute Gasteiger partial charge is 0.213 e. The molecule has 1 aliphatic heterocycles.